The molecule has 0 aromatic heterocycles. The van der Waals surface area contributed by atoms with Crippen molar-refractivity contribution >= 4 is 30.3 Å². The summed E-state index contributed by atoms with van der Waals surface area (Å²) in [7, 11) is 0. The highest BCUT2D eigenvalue weighted by Crippen LogP contribution is 2.45. The van der Waals surface area contributed by atoms with Gasteiger partial charge in [-0.2, -0.15) is 0 Å². The van der Waals surface area contributed by atoms with Crippen LogP contribution in [0, 0.1) is 11.3 Å². The molecule has 2 saturated heterocycles. The highest BCUT2D eigenvalue weighted by atomic mass is 35.5. The number of piperidine rings is 1. The lowest BCUT2D eigenvalue weighted by atomic mass is 9.65. The summed E-state index contributed by atoms with van der Waals surface area (Å²) in [6.07, 6.45) is 6.24. The molecule has 0 aromatic rings. The van der Waals surface area contributed by atoms with Crippen molar-refractivity contribution in [1.82, 2.24) is 20.9 Å². The third-order valence-corrected chi connectivity index (χ3v) is 7.07. The summed E-state index contributed by atoms with van der Waals surface area (Å²) in [5.41, 5.74) is -0.551. The molecule has 1 atom stereocenters. The monoisotopic (exact) mass is 414 g/mol. The molecule has 2 heterocycles. The van der Waals surface area contributed by atoms with E-state index in [1.165, 1.54) is 0 Å². The highest BCUT2D eigenvalue weighted by molar-refractivity contribution is 6.09. The van der Waals surface area contributed by atoms with Gasteiger partial charge in [-0.05, 0) is 56.4 Å². The van der Waals surface area contributed by atoms with Crippen LogP contribution >= 0.6 is 12.4 Å². The Labute approximate surface area is 174 Å². The fourth-order valence-electron chi connectivity index (χ4n) is 4.73. The molecule has 8 heteroatoms. The van der Waals surface area contributed by atoms with Gasteiger partial charge in [-0.25, -0.2) is 4.79 Å². The molecule has 1 spiro atoms. The van der Waals surface area contributed by atoms with Gasteiger partial charge < -0.3 is 16.0 Å². The summed E-state index contributed by atoms with van der Waals surface area (Å²) in [5, 5.41) is 9.10. The van der Waals surface area contributed by atoms with E-state index >= 15 is 0 Å². The first kappa shape index (κ1) is 22.9. The number of amides is 4. The zero-order chi connectivity index (χ0) is 19.7. The summed E-state index contributed by atoms with van der Waals surface area (Å²) >= 11 is 0. The van der Waals surface area contributed by atoms with Crippen molar-refractivity contribution in [2.45, 2.75) is 77.3 Å². The van der Waals surface area contributed by atoms with E-state index in [2.05, 4.69) is 36.7 Å². The van der Waals surface area contributed by atoms with E-state index in [0.29, 0.717) is 18.8 Å². The Balaban J connectivity index is 0.00000280. The van der Waals surface area contributed by atoms with Crippen LogP contribution in [0.1, 0.15) is 65.7 Å². The largest absolute Gasteiger partial charge is 0.351 e. The molecule has 4 amide bonds. The Bertz CT molecular complexity index is 596. The molecule has 0 radical (unpaired) electrons. The Morgan fingerprint density at radius 1 is 1.25 bits per heavy atom. The SMILES string of the molecule is CCC(C)(C)C1CCC2(CC1)NC(=O)N(CC(=O)N[C@H]1CCCNC1)C2=O.Cl. The molecule has 0 bridgehead atoms. The Hall–Kier alpha value is -1.34. The molecule has 3 rings (SSSR count). The van der Waals surface area contributed by atoms with Crippen molar-refractivity contribution in [2.75, 3.05) is 19.6 Å². The maximum Gasteiger partial charge on any atom is 0.325 e. The average molecular weight is 415 g/mol. The molecule has 3 aliphatic rings. The van der Waals surface area contributed by atoms with E-state index < -0.39 is 11.6 Å². The van der Waals surface area contributed by atoms with Gasteiger partial charge in [0.05, 0.1) is 0 Å². The predicted molar refractivity (Wildman–Crippen MR) is 110 cm³/mol. The van der Waals surface area contributed by atoms with E-state index in [1.807, 2.05) is 0 Å². The molecule has 160 valence electrons. The highest BCUT2D eigenvalue weighted by Gasteiger charge is 2.53. The molecular weight excluding hydrogens is 380 g/mol. The van der Waals surface area contributed by atoms with Crippen molar-refractivity contribution in [2.24, 2.45) is 11.3 Å². The molecule has 0 aromatic carbocycles. The normalized spacial score (nSPS) is 30.8. The standard InChI is InChI=1S/C20H34N4O3.ClH/c1-4-19(2,3)14-7-9-20(10-8-14)17(26)24(18(27)23-20)13-16(25)22-15-6-5-11-21-12-15;/h14-15,21H,4-13H2,1-3H3,(H,22,25)(H,23,27);1H/t14?,15-,20?;/m0./s1. The molecule has 0 unspecified atom stereocenters. The second-order valence-corrected chi connectivity index (χ2v) is 9.13. The lowest BCUT2D eigenvalue weighted by Gasteiger charge is -2.42. The molecule has 2 aliphatic heterocycles. The van der Waals surface area contributed by atoms with Gasteiger partial charge in [0.25, 0.3) is 5.91 Å². The number of carbonyl (C=O) groups excluding carboxylic acids is 3. The van der Waals surface area contributed by atoms with Gasteiger partial charge in [0.15, 0.2) is 0 Å². The maximum absolute atomic E-state index is 13.0. The molecule has 1 saturated carbocycles. The first-order valence-electron chi connectivity index (χ1n) is 10.4. The number of rotatable bonds is 5. The fraction of sp³-hybridized carbons (Fsp3) is 0.850. The van der Waals surface area contributed by atoms with Crippen molar-refractivity contribution in [1.29, 1.82) is 0 Å². The number of halogens is 1. The summed E-state index contributed by atoms with van der Waals surface area (Å²) < 4.78 is 0. The number of imide groups is 1. The number of nitrogens with one attached hydrogen (secondary N) is 3. The number of hydrogen-bond donors (Lipinski definition) is 3. The van der Waals surface area contributed by atoms with Crippen LogP contribution in [-0.2, 0) is 9.59 Å². The van der Waals surface area contributed by atoms with Gasteiger partial charge in [-0.1, -0.05) is 27.2 Å². The van der Waals surface area contributed by atoms with Crippen molar-refractivity contribution < 1.29 is 14.4 Å². The lowest BCUT2D eigenvalue weighted by Crippen LogP contribution is -2.52. The summed E-state index contributed by atoms with van der Waals surface area (Å²) in [6, 6.07) is -0.349. The third kappa shape index (κ3) is 4.62. The Morgan fingerprint density at radius 3 is 2.50 bits per heavy atom. The summed E-state index contributed by atoms with van der Waals surface area (Å²) in [6.45, 7) is 8.28. The van der Waals surface area contributed by atoms with Crippen molar-refractivity contribution in [3.63, 3.8) is 0 Å². The third-order valence-electron chi connectivity index (χ3n) is 7.07. The van der Waals surface area contributed by atoms with Gasteiger partial charge in [0.2, 0.25) is 5.91 Å². The number of nitrogens with zero attached hydrogens (tertiary/aromatic N) is 1. The predicted octanol–water partition coefficient (Wildman–Crippen LogP) is 2.19. The minimum Gasteiger partial charge on any atom is -0.351 e. The number of carbonyl (C=O) groups is 3. The summed E-state index contributed by atoms with van der Waals surface area (Å²) in [4.78, 5) is 38.9. The van der Waals surface area contributed by atoms with Crippen LogP contribution in [0.3, 0.4) is 0 Å². The molecule has 1 aliphatic carbocycles. The van der Waals surface area contributed by atoms with Crippen LogP contribution < -0.4 is 16.0 Å². The van der Waals surface area contributed by atoms with E-state index in [4.69, 9.17) is 0 Å². The molecule has 3 fully saturated rings. The average Bonchev–Trinajstić information content (AvgIpc) is 2.87. The first-order valence-corrected chi connectivity index (χ1v) is 10.4. The van der Waals surface area contributed by atoms with Gasteiger partial charge in [0, 0.05) is 12.6 Å². The lowest BCUT2D eigenvalue weighted by molar-refractivity contribution is -0.136. The Kier molecular flexibility index (Phi) is 7.37. The van der Waals surface area contributed by atoms with E-state index in [-0.39, 0.29) is 42.2 Å². The maximum atomic E-state index is 13.0. The topological polar surface area (TPSA) is 90.5 Å². The number of urea groups is 1. The van der Waals surface area contributed by atoms with Crippen LogP contribution in [0.2, 0.25) is 0 Å². The van der Waals surface area contributed by atoms with Gasteiger partial charge in [0.1, 0.15) is 12.1 Å². The van der Waals surface area contributed by atoms with Gasteiger partial charge >= 0.3 is 6.03 Å². The van der Waals surface area contributed by atoms with E-state index in [0.717, 1.165) is 50.1 Å². The van der Waals surface area contributed by atoms with Crippen molar-refractivity contribution in [3.05, 3.63) is 0 Å². The first-order chi connectivity index (χ1) is 12.8. The van der Waals surface area contributed by atoms with E-state index in [1.54, 1.807) is 0 Å². The van der Waals surface area contributed by atoms with E-state index in [9.17, 15) is 14.4 Å². The zero-order valence-electron chi connectivity index (χ0n) is 17.3. The van der Waals surface area contributed by atoms with Gasteiger partial charge in [-0.3, -0.25) is 14.5 Å². The van der Waals surface area contributed by atoms with Crippen LogP contribution in [0.15, 0.2) is 0 Å². The minimum absolute atomic E-state index is 0. The smallest absolute Gasteiger partial charge is 0.325 e. The molecular formula is C20H35ClN4O3. The van der Waals surface area contributed by atoms with Crippen LogP contribution in [0.25, 0.3) is 0 Å². The van der Waals surface area contributed by atoms with Crippen molar-refractivity contribution in [3.8, 4) is 0 Å². The molecule has 3 N–H and O–H groups in total. The van der Waals surface area contributed by atoms with Crippen LogP contribution in [0.4, 0.5) is 4.79 Å². The van der Waals surface area contributed by atoms with Gasteiger partial charge in [-0.15, -0.1) is 12.4 Å². The minimum atomic E-state index is -0.802. The second kappa shape index (κ2) is 8.99. The zero-order valence-corrected chi connectivity index (χ0v) is 18.1. The van der Waals surface area contributed by atoms with Crippen LogP contribution in [0.5, 0.6) is 0 Å². The fourth-order valence-corrected chi connectivity index (χ4v) is 4.73. The molecule has 28 heavy (non-hydrogen) atoms. The Morgan fingerprint density at radius 2 is 1.93 bits per heavy atom. The second-order valence-electron chi connectivity index (χ2n) is 9.13. The summed E-state index contributed by atoms with van der Waals surface area (Å²) in [5.74, 6) is 0.0798. The van der Waals surface area contributed by atoms with Crippen LogP contribution in [-0.4, -0.2) is 54.0 Å². The molecule has 7 nitrogen and oxygen atoms in total. The number of hydrogen-bond acceptors (Lipinski definition) is 4. The quantitative estimate of drug-likeness (QED) is 0.601.